The first kappa shape index (κ1) is 25.5. The molecule has 186 valence electrons. The van der Waals surface area contributed by atoms with Gasteiger partial charge in [0.25, 0.3) is 0 Å². The lowest BCUT2D eigenvalue weighted by molar-refractivity contribution is -0.137. The van der Waals surface area contributed by atoms with Crippen molar-refractivity contribution in [1.82, 2.24) is 14.7 Å². The fourth-order valence-corrected chi connectivity index (χ4v) is 3.48. The molecule has 0 aliphatic carbocycles. The smallest absolute Gasteiger partial charge is 0.416 e. The summed E-state index contributed by atoms with van der Waals surface area (Å²) < 4.78 is 56.4. The zero-order valence-corrected chi connectivity index (χ0v) is 19.5. The van der Waals surface area contributed by atoms with Crippen LogP contribution in [-0.4, -0.2) is 58.1 Å². The normalized spacial score (nSPS) is 18.7. The third-order valence-corrected chi connectivity index (χ3v) is 5.09. The van der Waals surface area contributed by atoms with Gasteiger partial charge in [-0.2, -0.15) is 18.3 Å². The van der Waals surface area contributed by atoms with E-state index in [0.717, 1.165) is 12.1 Å². The molecule has 0 N–H and O–H groups in total. The molecule has 1 fully saturated rings. The summed E-state index contributed by atoms with van der Waals surface area (Å²) >= 11 is 0. The number of esters is 1. The minimum Gasteiger partial charge on any atom is -0.462 e. The first-order chi connectivity index (χ1) is 15.9. The van der Waals surface area contributed by atoms with Crippen LogP contribution in [0.2, 0.25) is 0 Å². The first-order valence-corrected chi connectivity index (χ1v) is 10.8. The van der Waals surface area contributed by atoms with E-state index in [-0.39, 0.29) is 31.9 Å². The highest BCUT2D eigenvalue weighted by molar-refractivity contribution is 5.88. The predicted molar refractivity (Wildman–Crippen MR) is 115 cm³/mol. The van der Waals surface area contributed by atoms with Crippen LogP contribution < -0.4 is 0 Å². The van der Waals surface area contributed by atoms with Crippen molar-refractivity contribution in [2.24, 2.45) is 0 Å². The molecule has 2 heterocycles. The first-order valence-electron chi connectivity index (χ1n) is 10.8. The summed E-state index contributed by atoms with van der Waals surface area (Å²) in [6.07, 6.45) is -2.57. The number of aromatic nitrogens is 2. The summed E-state index contributed by atoms with van der Waals surface area (Å²) in [4.78, 5) is 26.1. The number of nitrogens with zero attached hydrogens (tertiary/aromatic N) is 3. The molecule has 0 saturated carbocycles. The van der Waals surface area contributed by atoms with Crippen LogP contribution in [0.15, 0.2) is 36.7 Å². The maximum Gasteiger partial charge on any atom is 0.416 e. The van der Waals surface area contributed by atoms with Crippen molar-refractivity contribution in [1.29, 1.82) is 0 Å². The van der Waals surface area contributed by atoms with E-state index in [1.54, 1.807) is 27.7 Å². The number of benzene rings is 1. The predicted octanol–water partition coefficient (Wildman–Crippen LogP) is 4.46. The number of carbonyl (C=O) groups excluding carboxylic acids is 2. The molecule has 1 amide bonds. The number of carbonyl (C=O) groups is 2. The Hall–Kier alpha value is -3.08. The molecule has 8 nitrogen and oxygen atoms in total. The van der Waals surface area contributed by atoms with Crippen LogP contribution in [0, 0.1) is 0 Å². The van der Waals surface area contributed by atoms with E-state index in [1.165, 1.54) is 34.1 Å². The molecule has 2 unspecified atom stereocenters. The summed E-state index contributed by atoms with van der Waals surface area (Å²) in [7, 11) is 0. The third kappa shape index (κ3) is 6.49. The summed E-state index contributed by atoms with van der Waals surface area (Å²) in [5, 5.41) is 4.25. The fraction of sp³-hybridized carbons (Fsp3) is 0.522. The Morgan fingerprint density at radius 2 is 1.79 bits per heavy atom. The van der Waals surface area contributed by atoms with Gasteiger partial charge in [0.15, 0.2) is 0 Å². The number of amides is 1. The van der Waals surface area contributed by atoms with Crippen LogP contribution in [0.1, 0.15) is 55.2 Å². The van der Waals surface area contributed by atoms with Crippen LogP contribution in [0.3, 0.4) is 0 Å². The third-order valence-electron chi connectivity index (χ3n) is 5.09. The molecule has 1 aliphatic heterocycles. The lowest BCUT2D eigenvalue weighted by Gasteiger charge is -2.24. The molecular formula is C23H28F3N3O5. The van der Waals surface area contributed by atoms with E-state index >= 15 is 0 Å². The molecule has 0 bridgehead atoms. The Bertz CT molecular complexity index is 999. The molecule has 1 saturated heterocycles. The lowest BCUT2D eigenvalue weighted by Crippen LogP contribution is -2.36. The second-order valence-corrected chi connectivity index (χ2v) is 8.93. The Morgan fingerprint density at radius 3 is 2.38 bits per heavy atom. The molecule has 0 spiro atoms. The zero-order valence-electron chi connectivity index (χ0n) is 19.5. The van der Waals surface area contributed by atoms with Crippen molar-refractivity contribution in [3.05, 3.63) is 53.3 Å². The highest BCUT2D eigenvalue weighted by Gasteiger charge is 2.40. The Kier molecular flexibility index (Phi) is 7.54. The molecule has 3 rings (SSSR count). The molecule has 1 aliphatic rings. The van der Waals surface area contributed by atoms with Gasteiger partial charge in [-0.05, 0) is 45.4 Å². The monoisotopic (exact) mass is 483 g/mol. The highest BCUT2D eigenvalue weighted by Crippen LogP contribution is 2.30. The van der Waals surface area contributed by atoms with Crippen LogP contribution in [0.4, 0.5) is 18.0 Å². The molecule has 1 aromatic carbocycles. The van der Waals surface area contributed by atoms with Crippen molar-refractivity contribution in [3.63, 3.8) is 0 Å². The summed E-state index contributed by atoms with van der Waals surface area (Å²) in [6.45, 7) is 7.64. The van der Waals surface area contributed by atoms with Crippen LogP contribution in [-0.2, 0) is 27.0 Å². The van der Waals surface area contributed by atoms with E-state index in [2.05, 4.69) is 5.10 Å². The van der Waals surface area contributed by atoms with Gasteiger partial charge in [-0.3, -0.25) is 4.68 Å². The maximum atomic E-state index is 12.8. The van der Waals surface area contributed by atoms with Gasteiger partial charge in [0.05, 0.1) is 49.2 Å². The number of rotatable bonds is 6. The molecule has 34 heavy (non-hydrogen) atoms. The van der Waals surface area contributed by atoms with Crippen molar-refractivity contribution < 1.29 is 37.0 Å². The van der Waals surface area contributed by atoms with Gasteiger partial charge in [-0.15, -0.1) is 0 Å². The highest BCUT2D eigenvalue weighted by atomic mass is 19.4. The average molecular weight is 483 g/mol. The number of ether oxygens (including phenoxy) is 3. The summed E-state index contributed by atoms with van der Waals surface area (Å²) in [5.74, 6) is -0.516. The summed E-state index contributed by atoms with van der Waals surface area (Å²) in [5.41, 5.74) is -0.613. The number of halogens is 3. The van der Waals surface area contributed by atoms with Gasteiger partial charge < -0.3 is 19.1 Å². The lowest BCUT2D eigenvalue weighted by atomic mass is 10.1. The average Bonchev–Trinajstić information content (AvgIpc) is 3.38. The second kappa shape index (κ2) is 10.0. The van der Waals surface area contributed by atoms with Crippen LogP contribution in [0.5, 0.6) is 0 Å². The minimum absolute atomic E-state index is 0.0352. The quantitative estimate of drug-likeness (QED) is 0.565. The van der Waals surface area contributed by atoms with Crippen LogP contribution >= 0.6 is 0 Å². The van der Waals surface area contributed by atoms with Gasteiger partial charge in [0.1, 0.15) is 5.60 Å². The van der Waals surface area contributed by atoms with Crippen molar-refractivity contribution >= 4 is 12.1 Å². The van der Waals surface area contributed by atoms with Crippen molar-refractivity contribution in [2.75, 3.05) is 19.7 Å². The van der Waals surface area contributed by atoms with Crippen molar-refractivity contribution in [3.8, 4) is 0 Å². The number of hydrogen-bond donors (Lipinski definition) is 0. The van der Waals surface area contributed by atoms with E-state index in [9.17, 15) is 22.8 Å². The Morgan fingerprint density at radius 1 is 1.12 bits per heavy atom. The molecular weight excluding hydrogens is 455 g/mol. The van der Waals surface area contributed by atoms with E-state index in [4.69, 9.17) is 14.2 Å². The largest absolute Gasteiger partial charge is 0.462 e. The summed E-state index contributed by atoms with van der Waals surface area (Å²) in [6, 6.07) is 4.26. The molecule has 1 aromatic heterocycles. The van der Waals surface area contributed by atoms with Crippen molar-refractivity contribution in [2.45, 2.75) is 58.2 Å². The molecule has 0 radical (unpaired) electrons. The molecule has 11 heteroatoms. The maximum absolute atomic E-state index is 12.8. The minimum atomic E-state index is -4.42. The topological polar surface area (TPSA) is 82.9 Å². The molecule has 2 atom stereocenters. The Labute approximate surface area is 195 Å². The van der Waals surface area contributed by atoms with E-state index in [1.807, 2.05) is 0 Å². The zero-order chi connectivity index (χ0) is 25.1. The SMILES string of the molecule is CCOC(=O)c1cnn(C2CN(C(=O)OC(C)(C)C)CC2OCc2ccc(C(F)(F)F)cc2)c1. The van der Waals surface area contributed by atoms with Gasteiger partial charge in [-0.1, -0.05) is 12.1 Å². The Balaban J connectivity index is 1.75. The van der Waals surface area contributed by atoms with E-state index < -0.39 is 41.5 Å². The van der Waals surface area contributed by atoms with Gasteiger partial charge in [-0.25, -0.2) is 9.59 Å². The number of likely N-dealkylation sites (tertiary alicyclic amines) is 1. The van der Waals surface area contributed by atoms with Gasteiger partial charge in [0, 0.05) is 12.7 Å². The van der Waals surface area contributed by atoms with Gasteiger partial charge >= 0.3 is 18.2 Å². The second-order valence-electron chi connectivity index (χ2n) is 8.93. The van der Waals surface area contributed by atoms with Crippen LogP contribution in [0.25, 0.3) is 0 Å². The fourth-order valence-electron chi connectivity index (χ4n) is 3.48. The number of alkyl halides is 3. The van der Waals surface area contributed by atoms with Gasteiger partial charge in [0.2, 0.25) is 0 Å². The molecule has 2 aromatic rings. The number of hydrogen-bond acceptors (Lipinski definition) is 6. The van der Waals surface area contributed by atoms with E-state index in [0.29, 0.717) is 5.56 Å². The standard InChI is InChI=1S/C23H28F3N3O5/c1-5-32-20(30)16-10-27-29(11-16)18-12-28(21(31)34-22(2,3)4)13-19(18)33-14-15-6-8-17(9-7-15)23(24,25)26/h6-11,18-19H,5,12-14H2,1-4H3.